The number of aryl methyl sites for hydroxylation is 2. The number of hydrogen-bond donors (Lipinski definition) is 0. The summed E-state index contributed by atoms with van der Waals surface area (Å²) in [7, 11) is 0. The third kappa shape index (κ3) is 2.46. The molecule has 0 aliphatic rings. The zero-order chi connectivity index (χ0) is 17.7. The van der Waals surface area contributed by atoms with Crippen molar-refractivity contribution in [2.24, 2.45) is 0 Å². The van der Waals surface area contributed by atoms with E-state index in [1.807, 2.05) is 32.0 Å². The van der Waals surface area contributed by atoms with Gasteiger partial charge < -0.3 is 0 Å². The summed E-state index contributed by atoms with van der Waals surface area (Å²) < 4.78 is 3.15. The number of thiophene rings is 1. The van der Waals surface area contributed by atoms with Crippen molar-refractivity contribution >= 4 is 27.2 Å². The minimum Gasteiger partial charge on any atom is -0.259 e. The van der Waals surface area contributed by atoms with Gasteiger partial charge in [-0.15, -0.1) is 16.4 Å². The van der Waals surface area contributed by atoms with Crippen LogP contribution in [0.25, 0.3) is 15.9 Å². The molecule has 25 heavy (non-hydrogen) atoms. The predicted octanol–water partition coefficient (Wildman–Crippen LogP) is 3.29. The van der Waals surface area contributed by atoms with Crippen LogP contribution in [0.3, 0.4) is 0 Å². The summed E-state index contributed by atoms with van der Waals surface area (Å²) in [5.41, 5.74) is 2.47. The molecule has 6 nitrogen and oxygen atoms in total. The molecule has 0 spiro atoms. The van der Waals surface area contributed by atoms with Crippen LogP contribution in [0.4, 0.5) is 0 Å². The molecule has 4 aromatic rings. The lowest BCUT2D eigenvalue weighted by Crippen LogP contribution is -2.24. The van der Waals surface area contributed by atoms with Crippen LogP contribution in [0.2, 0.25) is 0 Å². The van der Waals surface area contributed by atoms with E-state index in [2.05, 4.69) is 23.9 Å². The van der Waals surface area contributed by atoms with E-state index in [4.69, 9.17) is 4.98 Å². The molecule has 128 valence electrons. The fourth-order valence-corrected chi connectivity index (χ4v) is 4.05. The summed E-state index contributed by atoms with van der Waals surface area (Å²) in [6, 6.07) is 5.67. The molecule has 0 aliphatic carbocycles. The fraction of sp³-hybridized carbons (Fsp3) is 0.333. The van der Waals surface area contributed by atoms with E-state index in [-0.39, 0.29) is 11.6 Å². The van der Waals surface area contributed by atoms with Gasteiger partial charge in [-0.05, 0) is 31.5 Å². The summed E-state index contributed by atoms with van der Waals surface area (Å²) in [5, 5.41) is 5.62. The van der Waals surface area contributed by atoms with Gasteiger partial charge in [-0.3, -0.25) is 4.98 Å². The molecule has 0 amide bonds. The Hall–Kier alpha value is -2.54. The molecular weight excluding hydrogens is 334 g/mol. The molecule has 4 aromatic heterocycles. The van der Waals surface area contributed by atoms with Crippen molar-refractivity contribution in [3.05, 3.63) is 56.8 Å². The van der Waals surface area contributed by atoms with Crippen molar-refractivity contribution in [3.63, 3.8) is 0 Å². The van der Waals surface area contributed by atoms with Gasteiger partial charge in [0, 0.05) is 17.0 Å². The lowest BCUT2D eigenvalue weighted by atomic mass is 10.2. The van der Waals surface area contributed by atoms with Crippen molar-refractivity contribution in [2.45, 2.75) is 40.2 Å². The van der Waals surface area contributed by atoms with Crippen LogP contribution >= 0.6 is 11.3 Å². The van der Waals surface area contributed by atoms with Gasteiger partial charge in [-0.25, -0.2) is 18.9 Å². The lowest BCUT2D eigenvalue weighted by Gasteiger charge is -2.07. The summed E-state index contributed by atoms with van der Waals surface area (Å²) in [5.74, 6) is 0.876. The maximum absolute atomic E-state index is 13.0. The van der Waals surface area contributed by atoms with Crippen molar-refractivity contribution in [3.8, 4) is 0 Å². The first-order valence-electron chi connectivity index (χ1n) is 8.26. The third-order valence-corrected chi connectivity index (χ3v) is 5.53. The molecule has 0 N–H and O–H groups in total. The zero-order valence-corrected chi connectivity index (χ0v) is 15.5. The first-order valence-corrected chi connectivity index (χ1v) is 9.08. The maximum Gasteiger partial charge on any atom is 0.352 e. The Morgan fingerprint density at radius 3 is 2.72 bits per heavy atom. The Balaban J connectivity index is 2.05. The van der Waals surface area contributed by atoms with Gasteiger partial charge in [0.25, 0.3) is 0 Å². The highest BCUT2D eigenvalue weighted by Crippen LogP contribution is 2.32. The molecule has 0 bridgehead atoms. The average molecular weight is 353 g/mol. The highest BCUT2D eigenvalue weighted by Gasteiger charge is 2.21. The van der Waals surface area contributed by atoms with E-state index in [0.717, 1.165) is 27.3 Å². The Kier molecular flexibility index (Phi) is 3.68. The quantitative estimate of drug-likeness (QED) is 0.567. The molecule has 0 atom stereocenters. The van der Waals surface area contributed by atoms with Gasteiger partial charge in [0.15, 0.2) is 5.65 Å². The van der Waals surface area contributed by atoms with Crippen molar-refractivity contribution in [2.75, 3.05) is 0 Å². The smallest absolute Gasteiger partial charge is 0.259 e. The van der Waals surface area contributed by atoms with E-state index >= 15 is 0 Å². The average Bonchev–Trinajstić information content (AvgIpc) is 3.05. The second-order valence-electron chi connectivity index (χ2n) is 6.51. The zero-order valence-electron chi connectivity index (χ0n) is 14.6. The summed E-state index contributed by atoms with van der Waals surface area (Å²) in [6.07, 6.45) is 1.72. The highest BCUT2D eigenvalue weighted by atomic mass is 32.1. The standard InChI is InChI=1S/C18H19N5OS/c1-10(2)15-20-17-14(11(3)12(4)25-17)16-21-22(18(24)23(15)16)9-13-7-5-6-8-19-13/h5-8,10H,9H2,1-4H3. The number of pyridine rings is 1. The van der Waals surface area contributed by atoms with E-state index in [9.17, 15) is 4.79 Å². The van der Waals surface area contributed by atoms with Crippen LogP contribution in [-0.4, -0.2) is 24.1 Å². The van der Waals surface area contributed by atoms with Gasteiger partial charge in [-0.2, -0.15) is 0 Å². The Bertz CT molecular complexity index is 1140. The second-order valence-corrected chi connectivity index (χ2v) is 7.71. The molecule has 4 heterocycles. The number of aromatic nitrogens is 5. The molecule has 0 saturated carbocycles. The second kappa shape index (κ2) is 5.77. The van der Waals surface area contributed by atoms with Crippen LogP contribution in [0.1, 0.15) is 41.7 Å². The Morgan fingerprint density at radius 1 is 1.24 bits per heavy atom. The van der Waals surface area contributed by atoms with Crippen LogP contribution < -0.4 is 5.69 Å². The molecule has 0 aliphatic heterocycles. The Labute approximate surface area is 148 Å². The topological polar surface area (TPSA) is 65.1 Å². The minimum absolute atomic E-state index is 0.125. The van der Waals surface area contributed by atoms with Crippen LogP contribution in [0, 0.1) is 13.8 Å². The minimum atomic E-state index is -0.165. The van der Waals surface area contributed by atoms with Crippen molar-refractivity contribution in [1.29, 1.82) is 0 Å². The molecule has 0 fully saturated rings. The van der Waals surface area contributed by atoms with Crippen molar-refractivity contribution < 1.29 is 0 Å². The fourth-order valence-electron chi connectivity index (χ4n) is 3.02. The maximum atomic E-state index is 13.0. The molecule has 0 radical (unpaired) electrons. The van der Waals surface area contributed by atoms with Gasteiger partial charge in [-0.1, -0.05) is 19.9 Å². The normalized spacial score (nSPS) is 11.9. The number of hydrogen-bond acceptors (Lipinski definition) is 5. The number of rotatable bonds is 3. The lowest BCUT2D eigenvalue weighted by molar-refractivity contribution is 0.638. The highest BCUT2D eigenvalue weighted by molar-refractivity contribution is 7.18. The molecule has 4 rings (SSSR count). The van der Waals surface area contributed by atoms with E-state index in [1.54, 1.807) is 21.9 Å². The third-order valence-electron chi connectivity index (χ3n) is 4.43. The summed E-state index contributed by atoms with van der Waals surface area (Å²) >= 11 is 1.66. The van der Waals surface area contributed by atoms with Crippen LogP contribution in [0.15, 0.2) is 29.2 Å². The molecule has 0 saturated heterocycles. The summed E-state index contributed by atoms with van der Waals surface area (Å²) in [4.78, 5) is 24.3. The summed E-state index contributed by atoms with van der Waals surface area (Å²) in [6.45, 7) is 8.58. The first kappa shape index (κ1) is 16.0. The number of fused-ring (bicyclic) bond motifs is 3. The van der Waals surface area contributed by atoms with E-state index < -0.39 is 0 Å². The van der Waals surface area contributed by atoms with E-state index in [1.165, 1.54) is 9.56 Å². The molecular formula is C18H19N5OS. The SMILES string of the molecule is Cc1sc2nc(C(C)C)n3c(=O)n(Cc4ccccn4)nc3c2c1C. The van der Waals surface area contributed by atoms with Gasteiger partial charge in [0.2, 0.25) is 0 Å². The van der Waals surface area contributed by atoms with Gasteiger partial charge in [0.05, 0.1) is 17.6 Å². The van der Waals surface area contributed by atoms with Gasteiger partial charge >= 0.3 is 5.69 Å². The molecule has 0 unspecified atom stereocenters. The van der Waals surface area contributed by atoms with Crippen LogP contribution in [0.5, 0.6) is 0 Å². The van der Waals surface area contributed by atoms with Gasteiger partial charge in [0.1, 0.15) is 10.7 Å². The predicted molar refractivity (Wildman–Crippen MR) is 99.5 cm³/mol. The largest absolute Gasteiger partial charge is 0.352 e. The first-order chi connectivity index (χ1) is 12.0. The Morgan fingerprint density at radius 2 is 2.04 bits per heavy atom. The molecule has 0 aromatic carbocycles. The molecule has 7 heteroatoms. The van der Waals surface area contributed by atoms with Crippen molar-refractivity contribution in [1.82, 2.24) is 24.1 Å². The van der Waals surface area contributed by atoms with Crippen LogP contribution in [-0.2, 0) is 6.54 Å². The van der Waals surface area contributed by atoms with E-state index in [0.29, 0.717) is 12.2 Å². The number of nitrogens with zero attached hydrogens (tertiary/aromatic N) is 5. The monoisotopic (exact) mass is 353 g/mol.